The Labute approximate surface area is 161 Å². The molecule has 0 aromatic carbocycles. The van der Waals surface area contributed by atoms with Crippen LogP contribution in [-0.4, -0.2) is 96.5 Å². The van der Waals surface area contributed by atoms with Crippen molar-refractivity contribution < 1.29 is 9.53 Å². The fourth-order valence-corrected chi connectivity index (χ4v) is 3.64. The zero-order chi connectivity index (χ0) is 19.4. The highest BCUT2D eigenvalue weighted by Crippen LogP contribution is 2.17. The molecule has 0 atom stereocenters. The molecule has 2 saturated heterocycles. The molecular weight excluding hydrogens is 346 g/mol. The highest BCUT2D eigenvalue weighted by molar-refractivity contribution is 5.98. The van der Waals surface area contributed by atoms with Gasteiger partial charge in [-0.1, -0.05) is 0 Å². The summed E-state index contributed by atoms with van der Waals surface area (Å²) in [7, 11) is 3.61. The third-order valence-electron chi connectivity index (χ3n) is 4.95. The summed E-state index contributed by atoms with van der Waals surface area (Å²) in [6.45, 7) is 10.3. The first-order valence-electron chi connectivity index (χ1n) is 9.49. The van der Waals surface area contributed by atoms with E-state index in [4.69, 9.17) is 4.74 Å². The minimum absolute atomic E-state index is 0.0622. The molecule has 9 heteroatoms. The van der Waals surface area contributed by atoms with Gasteiger partial charge in [0.05, 0.1) is 24.1 Å². The first-order chi connectivity index (χ1) is 12.9. The molecule has 0 aliphatic carbocycles. The summed E-state index contributed by atoms with van der Waals surface area (Å²) in [5.74, 6) is 0.842. The van der Waals surface area contributed by atoms with Crippen LogP contribution in [0, 0.1) is 0 Å². The van der Waals surface area contributed by atoms with Crippen molar-refractivity contribution in [1.82, 2.24) is 24.9 Å². The molecule has 27 heavy (non-hydrogen) atoms. The summed E-state index contributed by atoms with van der Waals surface area (Å²) in [6.07, 6.45) is 3.59. The molecule has 1 N–H and O–H groups in total. The lowest BCUT2D eigenvalue weighted by Crippen LogP contribution is -2.56. The number of piperazine rings is 1. The summed E-state index contributed by atoms with van der Waals surface area (Å²) in [5, 5.41) is 7.55. The number of amides is 1. The number of rotatable bonds is 4. The van der Waals surface area contributed by atoms with E-state index in [1.54, 1.807) is 22.8 Å². The van der Waals surface area contributed by atoms with Crippen molar-refractivity contribution in [2.75, 3.05) is 64.4 Å². The number of anilines is 1. The Morgan fingerprint density at radius 3 is 2.81 bits per heavy atom. The van der Waals surface area contributed by atoms with Crippen LogP contribution in [0.15, 0.2) is 17.4 Å². The number of nitrogens with zero attached hydrogens (tertiary/aromatic N) is 6. The van der Waals surface area contributed by atoms with Gasteiger partial charge in [0.1, 0.15) is 6.54 Å². The van der Waals surface area contributed by atoms with Crippen molar-refractivity contribution in [3.63, 3.8) is 0 Å². The maximum Gasteiger partial charge on any atom is 0.246 e. The van der Waals surface area contributed by atoms with Gasteiger partial charge in [-0.15, -0.1) is 0 Å². The topological polar surface area (TPSA) is 78.2 Å². The summed E-state index contributed by atoms with van der Waals surface area (Å²) >= 11 is 0. The van der Waals surface area contributed by atoms with E-state index >= 15 is 0 Å². The highest BCUT2D eigenvalue weighted by atomic mass is 16.5. The molecule has 1 aromatic heterocycles. The lowest BCUT2D eigenvalue weighted by Gasteiger charge is -2.38. The normalized spacial score (nSPS) is 21.6. The lowest BCUT2D eigenvalue weighted by atomic mass is 10.1. The Morgan fingerprint density at radius 2 is 2.19 bits per heavy atom. The minimum Gasteiger partial charge on any atom is -0.373 e. The number of nitrogens with one attached hydrogen (secondary N) is 1. The van der Waals surface area contributed by atoms with Crippen LogP contribution in [0.2, 0.25) is 0 Å². The molecule has 0 saturated carbocycles. The van der Waals surface area contributed by atoms with E-state index in [0.717, 1.165) is 51.0 Å². The van der Waals surface area contributed by atoms with Crippen molar-refractivity contribution in [3.05, 3.63) is 12.4 Å². The highest BCUT2D eigenvalue weighted by Gasteiger charge is 2.29. The van der Waals surface area contributed by atoms with Gasteiger partial charge in [0.2, 0.25) is 5.91 Å². The van der Waals surface area contributed by atoms with Gasteiger partial charge in [0.25, 0.3) is 0 Å². The number of hydrogen-bond acceptors (Lipinski definition) is 5. The van der Waals surface area contributed by atoms with E-state index in [1.165, 1.54) is 0 Å². The summed E-state index contributed by atoms with van der Waals surface area (Å²) in [6, 6.07) is 0. The molecule has 150 valence electrons. The minimum atomic E-state index is -0.0883. The molecule has 0 spiro atoms. The van der Waals surface area contributed by atoms with Crippen molar-refractivity contribution in [3.8, 4) is 0 Å². The first kappa shape index (κ1) is 19.6. The lowest BCUT2D eigenvalue weighted by molar-refractivity contribution is -0.120. The van der Waals surface area contributed by atoms with Crippen LogP contribution in [0.4, 0.5) is 5.69 Å². The molecular formula is C18H31N7O2. The van der Waals surface area contributed by atoms with Crippen molar-refractivity contribution in [1.29, 1.82) is 0 Å². The average Bonchev–Trinajstić information content (AvgIpc) is 3.04. The standard InChI is InChI=1S/C18H31N7O2/c1-18(2)14-23(9-10-27-18)6-5-20-17(19-3)24-7-8-25(16(26)13-24)15-11-21-22(4)12-15/h11-12H,5-10,13-14H2,1-4H3,(H,19,20). The Balaban J connectivity index is 1.48. The molecule has 0 radical (unpaired) electrons. The van der Waals surface area contributed by atoms with Crippen LogP contribution in [0.25, 0.3) is 0 Å². The smallest absolute Gasteiger partial charge is 0.246 e. The molecule has 2 fully saturated rings. The predicted octanol–water partition coefficient (Wildman–Crippen LogP) is -0.245. The number of aromatic nitrogens is 2. The van der Waals surface area contributed by atoms with Crippen molar-refractivity contribution in [2.45, 2.75) is 19.4 Å². The molecule has 3 heterocycles. The number of aryl methyl sites for hydroxylation is 1. The SMILES string of the molecule is CN=C(NCCN1CCOC(C)(C)C1)N1CCN(c2cnn(C)c2)C(=O)C1. The second-order valence-electron chi connectivity index (χ2n) is 7.70. The number of carbonyl (C=O) groups excluding carboxylic acids is 1. The Hall–Kier alpha value is -2.13. The van der Waals surface area contributed by atoms with Gasteiger partial charge < -0.3 is 19.9 Å². The molecule has 1 amide bonds. The maximum absolute atomic E-state index is 12.6. The first-order valence-corrected chi connectivity index (χ1v) is 9.49. The molecule has 9 nitrogen and oxygen atoms in total. The van der Waals surface area contributed by atoms with E-state index in [2.05, 4.69) is 34.2 Å². The van der Waals surface area contributed by atoms with Crippen LogP contribution < -0.4 is 10.2 Å². The number of hydrogen-bond donors (Lipinski definition) is 1. The van der Waals surface area contributed by atoms with Crippen LogP contribution in [-0.2, 0) is 16.6 Å². The van der Waals surface area contributed by atoms with E-state index in [1.807, 2.05) is 18.1 Å². The molecule has 2 aliphatic heterocycles. The number of aliphatic imine (C=N–C) groups is 1. The Kier molecular flexibility index (Phi) is 6.01. The predicted molar refractivity (Wildman–Crippen MR) is 105 cm³/mol. The van der Waals surface area contributed by atoms with Gasteiger partial charge in [-0.05, 0) is 13.8 Å². The molecule has 0 unspecified atom stereocenters. The van der Waals surface area contributed by atoms with E-state index in [9.17, 15) is 4.79 Å². The second-order valence-corrected chi connectivity index (χ2v) is 7.70. The van der Waals surface area contributed by atoms with Gasteiger partial charge in [0, 0.05) is 59.6 Å². The summed E-state index contributed by atoms with van der Waals surface area (Å²) in [5.41, 5.74) is 0.759. The van der Waals surface area contributed by atoms with E-state index in [0.29, 0.717) is 13.1 Å². The van der Waals surface area contributed by atoms with Crippen LogP contribution in [0.1, 0.15) is 13.8 Å². The Morgan fingerprint density at radius 1 is 1.37 bits per heavy atom. The number of ether oxygens (including phenoxy) is 1. The van der Waals surface area contributed by atoms with Crippen LogP contribution >= 0.6 is 0 Å². The van der Waals surface area contributed by atoms with Gasteiger partial charge in [0.15, 0.2) is 5.96 Å². The van der Waals surface area contributed by atoms with Gasteiger partial charge >= 0.3 is 0 Å². The molecule has 1 aromatic rings. The Bertz CT molecular complexity index is 685. The monoisotopic (exact) mass is 377 g/mol. The average molecular weight is 377 g/mol. The second kappa shape index (κ2) is 8.26. The number of carbonyl (C=O) groups is 1. The largest absolute Gasteiger partial charge is 0.373 e. The fourth-order valence-electron chi connectivity index (χ4n) is 3.64. The van der Waals surface area contributed by atoms with Crippen LogP contribution in [0.3, 0.4) is 0 Å². The van der Waals surface area contributed by atoms with Crippen LogP contribution in [0.5, 0.6) is 0 Å². The van der Waals surface area contributed by atoms with Gasteiger partial charge in [-0.2, -0.15) is 5.10 Å². The van der Waals surface area contributed by atoms with Gasteiger partial charge in [-0.3, -0.25) is 19.4 Å². The fraction of sp³-hybridized carbons (Fsp3) is 0.722. The zero-order valence-electron chi connectivity index (χ0n) is 16.8. The summed E-state index contributed by atoms with van der Waals surface area (Å²) in [4.78, 5) is 23.1. The van der Waals surface area contributed by atoms with Crippen molar-refractivity contribution >= 4 is 17.6 Å². The number of guanidine groups is 1. The van der Waals surface area contributed by atoms with E-state index < -0.39 is 0 Å². The molecule has 2 aliphatic rings. The number of morpholine rings is 1. The maximum atomic E-state index is 12.6. The third-order valence-corrected chi connectivity index (χ3v) is 4.95. The third kappa shape index (κ3) is 4.98. The van der Waals surface area contributed by atoms with Gasteiger partial charge in [-0.25, -0.2) is 0 Å². The van der Waals surface area contributed by atoms with E-state index in [-0.39, 0.29) is 11.5 Å². The quantitative estimate of drug-likeness (QED) is 0.576. The molecule has 0 bridgehead atoms. The zero-order valence-corrected chi connectivity index (χ0v) is 16.8. The summed E-state index contributed by atoms with van der Waals surface area (Å²) < 4.78 is 7.47. The van der Waals surface area contributed by atoms with Crippen molar-refractivity contribution in [2.24, 2.45) is 12.0 Å². The molecule has 3 rings (SSSR count).